The first-order valence-electron chi connectivity index (χ1n) is 4.69. The minimum absolute atomic E-state index is 0.432. The van der Waals surface area contributed by atoms with Gasteiger partial charge >= 0.3 is 0 Å². The predicted molar refractivity (Wildman–Crippen MR) is 60.3 cm³/mol. The van der Waals surface area contributed by atoms with Crippen LogP contribution in [0.3, 0.4) is 0 Å². The summed E-state index contributed by atoms with van der Waals surface area (Å²) >= 11 is 0. The summed E-state index contributed by atoms with van der Waals surface area (Å²) < 4.78 is 0. The molecule has 1 aromatic carbocycles. The van der Waals surface area contributed by atoms with Crippen molar-refractivity contribution < 1.29 is 4.79 Å². The number of nitrogens with one attached hydrogen (secondary N) is 1. The fourth-order valence-corrected chi connectivity index (χ4v) is 1.31. The molecule has 0 atom stereocenters. The van der Waals surface area contributed by atoms with E-state index < -0.39 is 5.91 Å². The smallest absolute Gasteiger partial charge is 0.250 e. The normalized spacial score (nSPS) is 9.75. The Morgan fingerprint density at radius 2 is 2.06 bits per heavy atom. The first kappa shape index (κ1) is 10.1. The average molecular weight is 214 g/mol. The molecule has 1 aromatic heterocycles. The van der Waals surface area contributed by atoms with Crippen LogP contribution in [0.4, 0.5) is 11.5 Å². The Kier molecular flexibility index (Phi) is 2.77. The van der Waals surface area contributed by atoms with Gasteiger partial charge in [0.15, 0.2) is 0 Å². The molecule has 0 saturated heterocycles. The number of anilines is 2. The van der Waals surface area contributed by atoms with E-state index in [1.54, 1.807) is 30.5 Å². The van der Waals surface area contributed by atoms with E-state index in [1.165, 1.54) is 6.33 Å². The maximum absolute atomic E-state index is 11.2. The van der Waals surface area contributed by atoms with Crippen LogP contribution in [0, 0.1) is 0 Å². The first-order valence-corrected chi connectivity index (χ1v) is 4.69. The van der Waals surface area contributed by atoms with Crippen LogP contribution in [-0.2, 0) is 0 Å². The second-order valence-corrected chi connectivity index (χ2v) is 3.13. The summed E-state index contributed by atoms with van der Waals surface area (Å²) in [6.07, 6.45) is 3.04. The van der Waals surface area contributed by atoms with Gasteiger partial charge in [-0.15, -0.1) is 0 Å². The van der Waals surface area contributed by atoms with Crippen molar-refractivity contribution >= 4 is 17.4 Å². The van der Waals surface area contributed by atoms with E-state index in [1.807, 2.05) is 6.07 Å². The second kappa shape index (κ2) is 4.39. The molecule has 16 heavy (non-hydrogen) atoms. The van der Waals surface area contributed by atoms with Crippen molar-refractivity contribution in [3.8, 4) is 0 Å². The standard InChI is InChI=1S/C11H10N4O/c12-11(16)8-3-1-2-4-9(8)15-10-5-6-13-7-14-10/h1-7H,(H2,12,16)(H,13,14,15). The van der Waals surface area contributed by atoms with Gasteiger partial charge < -0.3 is 11.1 Å². The van der Waals surface area contributed by atoms with Crippen molar-refractivity contribution in [3.63, 3.8) is 0 Å². The van der Waals surface area contributed by atoms with Gasteiger partial charge in [-0.25, -0.2) is 9.97 Å². The Morgan fingerprint density at radius 1 is 1.25 bits per heavy atom. The zero-order valence-corrected chi connectivity index (χ0v) is 8.42. The van der Waals surface area contributed by atoms with Crippen LogP contribution in [0.5, 0.6) is 0 Å². The summed E-state index contributed by atoms with van der Waals surface area (Å²) in [6.45, 7) is 0. The van der Waals surface area contributed by atoms with Gasteiger partial charge in [0.05, 0.1) is 11.3 Å². The lowest BCUT2D eigenvalue weighted by Gasteiger charge is -2.08. The number of primary amides is 1. The van der Waals surface area contributed by atoms with E-state index in [-0.39, 0.29) is 0 Å². The Bertz CT molecular complexity index is 498. The molecule has 0 bridgehead atoms. The molecule has 5 nitrogen and oxygen atoms in total. The monoisotopic (exact) mass is 214 g/mol. The molecule has 0 aliphatic heterocycles. The number of para-hydroxylation sites is 1. The number of carbonyl (C=O) groups is 1. The van der Waals surface area contributed by atoms with Crippen molar-refractivity contribution in [3.05, 3.63) is 48.4 Å². The molecular formula is C11H10N4O. The van der Waals surface area contributed by atoms with E-state index in [4.69, 9.17) is 5.73 Å². The summed E-state index contributed by atoms with van der Waals surface area (Å²) in [5.41, 5.74) is 6.32. The Hall–Kier alpha value is -2.43. The fourth-order valence-electron chi connectivity index (χ4n) is 1.31. The van der Waals surface area contributed by atoms with Gasteiger partial charge in [0.25, 0.3) is 5.91 Å². The SMILES string of the molecule is NC(=O)c1ccccc1Nc1ccncn1. The van der Waals surface area contributed by atoms with Crippen LogP contribution in [-0.4, -0.2) is 15.9 Å². The summed E-state index contributed by atoms with van der Waals surface area (Å²) in [7, 11) is 0. The number of rotatable bonds is 3. The minimum atomic E-state index is -0.475. The van der Waals surface area contributed by atoms with Crippen molar-refractivity contribution in [1.29, 1.82) is 0 Å². The summed E-state index contributed by atoms with van der Waals surface area (Å²) in [4.78, 5) is 19.0. The lowest BCUT2D eigenvalue weighted by Crippen LogP contribution is -2.13. The molecular weight excluding hydrogens is 204 g/mol. The second-order valence-electron chi connectivity index (χ2n) is 3.13. The molecule has 3 N–H and O–H groups in total. The van der Waals surface area contributed by atoms with Gasteiger partial charge in [-0.2, -0.15) is 0 Å². The Labute approximate surface area is 92.3 Å². The van der Waals surface area contributed by atoms with E-state index in [0.717, 1.165) is 0 Å². The van der Waals surface area contributed by atoms with Crippen LogP contribution in [0.15, 0.2) is 42.9 Å². The molecule has 2 rings (SSSR count). The van der Waals surface area contributed by atoms with Gasteiger partial charge in [-0.3, -0.25) is 4.79 Å². The lowest BCUT2D eigenvalue weighted by molar-refractivity contribution is 0.100. The molecule has 0 aliphatic carbocycles. The molecule has 0 saturated carbocycles. The summed E-state index contributed by atoms with van der Waals surface area (Å²) in [6, 6.07) is 8.70. The van der Waals surface area contributed by atoms with Crippen molar-refractivity contribution in [2.24, 2.45) is 5.73 Å². The summed E-state index contributed by atoms with van der Waals surface area (Å²) in [5.74, 6) is 0.140. The zero-order chi connectivity index (χ0) is 11.4. The van der Waals surface area contributed by atoms with Crippen LogP contribution in [0.25, 0.3) is 0 Å². The average Bonchev–Trinajstić information content (AvgIpc) is 2.31. The van der Waals surface area contributed by atoms with Gasteiger partial charge in [-0.05, 0) is 18.2 Å². The van der Waals surface area contributed by atoms with E-state index >= 15 is 0 Å². The number of hydrogen-bond donors (Lipinski definition) is 2. The Morgan fingerprint density at radius 3 is 2.75 bits per heavy atom. The third-order valence-corrected chi connectivity index (χ3v) is 2.04. The predicted octanol–water partition coefficient (Wildman–Crippen LogP) is 1.32. The van der Waals surface area contributed by atoms with Crippen molar-refractivity contribution in [2.45, 2.75) is 0 Å². The molecule has 2 aromatic rings. The maximum Gasteiger partial charge on any atom is 0.250 e. The van der Waals surface area contributed by atoms with Gasteiger partial charge in [0.1, 0.15) is 12.1 Å². The number of nitrogens with zero attached hydrogens (tertiary/aromatic N) is 2. The van der Waals surface area contributed by atoms with Crippen LogP contribution in [0.1, 0.15) is 10.4 Å². The van der Waals surface area contributed by atoms with Crippen molar-refractivity contribution in [2.75, 3.05) is 5.32 Å². The third-order valence-electron chi connectivity index (χ3n) is 2.04. The zero-order valence-electron chi connectivity index (χ0n) is 8.42. The topological polar surface area (TPSA) is 80.9 Å². The highest BCUT2D eigenvalue weighted by atomic mass is 16.1. The first-order chi connectivity index (χ1) is 7.77. The van der Waals surface area contributed by atoms with Gasteiger partial charge in [0, 0.05) is 6.20 Å². The lowest BCUT2D eigenvalue weighted by atomic mass is 10.1. The minimum Gasteiger partial charge on any atom is -0.366 e. The highest BCUT2D eigenvalue weighted by Gasteiger charge is 2.06. The van der Waals surface area contributed by atoms with Crippen LogP contribution < -0.4 is 11.1 Å². The number of nitrogens with two attached hydrogens (primary N) is 1. The highest BCUT2D eigenvalue weighted by Crippen LogP contribution is 2.18. The Balaban J connectivity index is 2.31. The van der Waals surface area contributed by atoms with E-state index in [9.17, 15) is 4.79 Å². The van der Waals surface area contributed by atoms with Crippen molar-refractivity contribution in [1.82, 2.24) is 9.97 Å². The maximum atomic E-state index is 11.2. The number of carbonyl (C=O) groups excluding carboxylic acids is 1. The van der Waals surface area contributed by atoms with Gasteiger partial charge in [0.2, 0.25) is 0 Å². The molecule has 0 fully saturated rings. The molecule has 0 aliphatic rings. The molecule has 0 spiro atoms. The van der Waals surface area contributed by atoms with E-state index in [2.05, 4.69) is 15.3 Å². The van der Waals surface area contributed by atoms with Crippen LogP contribution in [0.2, 0.25) is 0 Å². The molecule has 80 valence electrons. The largest absolute Gasteiger partial charge is 0.366 e. The fraction of sp³-hybridized carbons (Fsp3) is 0. The number of hydrogen-bond acceptors (Lipinski definition) is 4. The third kappa shape index (κ3) is 2.14. The summed E-state index contributed by atoms with van der Waals surface area (Å²) in [5, 5.41) is 3.00. The highest BCUT2D eigenvalue weighted by molar-refractivity contribution is 5.99. The molecule has 0 unspecified atom stereocenters. The van der Waals surface area contributed by atoms with E-state index in [0.29, 0.717) is 17.1 Å². The molecule has 5 heteroatoms. The molecule has 1 heterocycles. The molecule has 0 radical (unpaired) electrons. The number of aromatic nitrogens is 2. The molecule has 1 amide bonds. The van der Waals surface area contributed by atoms with Gasteiger partial charge in [-0.1, -0.05) is 12.1 Å². The number of benzene rings is 1. The number of amides is 1. The quantitative estimate of drug-likeness (QED) is 0.807. The van der Waals surface area contributed by atoms with Crippen LogP contribution >= 0.6 is 0 Å².